The zero-order chi connectivity index (χ0) is 21.6. The topological polar surface area (TPSA) is 55.4 Å². The van der Waals surface area contributed by atoms with Crippen molar-refractivity contribution >= 4 is 8.33 Å². The van der Waals surface area contributed by atoms with Crippen LogP contribution >= 0.6 is 0 Å². The molecule has 2 aromatic carbocycles. The predicted molar refractivity (Wildman–Crippen MR) is 121 cm³/mol. The fraction of sp³-hybridized carbons (Fsp3) is 0.333. The number of rotatable bonds is 2. The fourth-order valence-corrected chi connectivity index (χ4v) is 6.87. The zero-order valence-electron chi connectivity index (χ0n) is 18.7. The van der Waals surface area contributed by atoms with Crippen molar-refractivity contribution in [2.75, 3.05) is 26.4 Å². The summed E-state index contributed by atoms with van der Waals surface area (Å²) < 4.78 is 34.3. The molecule has 0 amide bonds. The summed E-state index contributed by atoms with van der Waals surface area (Å²) in [5.74, 6) is 2.34. The summed E-state index contributed by atoms with van der Waals surface area (Å²) >= 11 is 0. The number of benzene rings is 2. The van der Waals surface area contributed by atoms with Crippen molar-refractivity contribution in [3.63, 3.8) is 0 Å². The third-order valence-corrected chi connectivity index (χ3v) is 8.81. The second-order valence-electron chi connectivity index (χ2n) is 7.58. The monoisotopic (exact) mass is 480 g/mol. The zero-order valence-corrected chi connectivity index (χ0v) is 22.8. The smallest absolute Gasteiger partial charge is 1.00 e. The second-order valence-corrected chi connectivity index (χ2v) is 10.9. The molecule has 0 unspecified atom stereocenters. The van der Waals surface area contributed by atoms with Crippen LogP contribution in [0.1, 0.15) is 25.7 Å². The minimum absolute atomic E-state index is 0. The average Bonchev–Trinajstić information content (AvgIpc) is 3.61. The van der Waals surface area contributed by atoms with Crippen molar-refractivity contribution in [3.8, 4) is 23.0 Å². The molecule has 0 N–H and O–H groups in total. The third kappa shape index (κ3) is 5.34. The maximum Gasteiger partial charge on any atom is 1.00 e. The summed E-state index contributed by atoms with van der Waals surface area (Å²) in [7, 11) is -4.34. The van der Waals surface area contributed by atoms with Gasteiger partial charge in [-0.3, -0.25) is 0 Å². The van der Waals surface area contributed by atoms with E-state index < -0.39 is 8.33 Å². The van der Waals surface area contributed by atoms with Gasteiger partial charge in [-0.2, -0.15) is 0 Å². The SMILES string of the molecule is C1CCOC1.C1CCOC1.C=CC(=C)[Si-]12(Oc3ccccc3O1)Oc1ccccc1O2.[K+]. The first kappa shape index (κ1) is 25.5. The van der Waals surface area contributed by atoms with E-state index in [1.807, 2.05) is 48.5 Å². The van der Waals surface area contributed by atoms with Gasteiger partial charge in [-0.25, -0.2) is 0 Å². The standard InChI is InChI=1S/C16H13O4Si.2C4H8O.K/c1-3-12(2)21(17-13-8-4-5-9-14(13)18-21)19-15-10-6-7-11-16(15)20-21;2*1-2-4-5-3-1;/h3-11H,1-2H2;2*1-4H2;/q-1;;;+1. The van der Waals surface area contributed by atoms with Crippen molar-refractivity contribution in [1.29, 1.82) is 0 Å². The maximum absolute atomic E-state index is 6.09. The number of fused-ring (bicyclic) bond motifs is 2. The molecular formula is C24H29KO6Si. The van der Waals surface area contributed by atoms with Crippen LogP contribution in [0.3, 0.4) is 0 Å². The Labute approximate surface area is 232 Å². The summed E-state index contributed by atoms with van der Waals surface area (Å²) in [6, 6.07) is 14.7. The third-order valence-electron chi connectivity index (χ3n) is 5.27. The maximum atomic E-state index is 6.09. The molecule has 1 spiro atoms. The quantitative estimate of drug-likeness (QED) is 0.485. The van der Waals surface area contributed by atoms with Gasteiger partial charge in [0.25, 0.3) is 0 Å². The largest absolute Gasteiger partial charge is 1.00 e. The molecule has 0 aliphatic carbocycles. The molecule has 0 radical (unpaired) electrons. The Morgan fingerprint density at radius 2 is 0.969 bits per heavy atom. The number of para-hydroxylation sites is 4. The van der Waals surface area contributed by atoms with Gasteiger partial charge in [0.15, 0.2) is 0 Å². The van der Waals surface area contributed by atoms with Crippen molar-refractivity contribution in [2.45, 2.75) is 25.7 Å². The molecule has 0 saturated carbocycles. The molecule has 166 valence electrons. The second kappa shape index (κ2) is 11.3. The molecule has 0 atom stereocenters. The van der Waals surface area contributed by atoms with Crippen LogP contribution in [0.4, 0.5) is 0 Å². The van der Waals surface area contributed by atoms with Gasteiger partial charge in [0, 0.05) is 26.4 Å². The first-order valence-electron chi connectivity index (χ1n) is 10.7. The van der Waals surface area contributed by atoms with Crippen molar-refractivity contribution in [2.24, 2.45) is 0 Å². The Bertz CT molecular complexity index is 803. The number of hydrogen-bond donors (Lipinski definition) is 0. The Kier molecular flexibility index (Phi) is 9.05. The molecule has 6 nitrogen and oxygen atoms in total. The molecule has 8 heteroatoms. The van der Waals surface area contributed by atoms with Gasteiger partial charge < -0.3 is 9.47 Å². The molecular weight excluding hydrogens is 451 g/mol. The van der Waals surface area contributed by atoms with Crippen LogP contribution in [0.5, 0.6) is 23.0 Å². The molecule has 2 aromatic rings. The van der Waals surface area contributed by atoms with E-state index in [0.717, 1.165) is 26.4 Å². The van der Waals surface area contributed by atoms with E-state index in [0.29, 0.717) is 28.2 Å². The number of hydrogen-bond acceptors (Lipinski definition) is 6. The van der Waals surface area contributed by atoms with E-state index in [1.54, 1.807) is 6.08 Å². The summed E-state index contributed by atoms with van der Waals surface area (Å²) in [4.78, 5) is 0. The van der Waals surface area contributed by atoms with Gasteiger partial charge in [-0.15, -0.1) is 0 Å². The van der Waals surface area contributed by atoms with E-state index in [4.69, 9.17) is 27.2 Å². The fourth-order valence-electron chi connectivity index (χ4n) is 3.57. The van der Waals surface area contributed by atoms with Crippen LogP contribution in [0.15, 0.2) is 73.0 Å². The molecule has 4 heterocycles. The van der Waals surface area contributed by atoms with Gasteiger partial charge in [0.05, 0.1) is 0 Å². The first-order valence-corrected chi connectivity index (χ1v) is 12.9. The van der Waals surface area contributed by atoms with E-state index in [2.05, 4.69) is 13.2 Å². The van der Waals surface area contributed by atoms with Gasteiger partial charge in [-0.05, 0) is 25.7 Å². The van der Waals surface area contributed by atoms with Crippen molar-refractivity contribution in [3.05, 3.63) is 73.0 Å². The number of allylic oxidation sites excluding steroid dienone is 2. The Hall–Kier alpha value is -1.11. The van der Waals surface area contributed by atoms with E-state index >= 15 is 0 Å². The van der Waals surface area contributed by atoms with E-state index in [-0.39, 0.29) is 51.4 Å². The molecule has 0 aromatic heterocycles. The van der Waals surface area contributed by atoms with Crippen LogP contribution < -0.4 is 69.1 Å². The average molecular weight is 481 g/mol. The van der Waals surface area contributed by atoms with E-state index in [1.165, 1.54) is 25.7 Å². The first-order chi connectivity index (χ1) is 15.1. The predicted octanol–water partition coefficient (Wildman–Crippen LogP) is 2.20. The van der Waals surface area contributed by atoms with Gasteiger partial charge >= 0.3 is 173 Å². The van der Waals surface area contributed by atoms with Crippen LogP contribution in [0.2, 0.25) is 0 Å². The van der Waals surface area contributed by atoms with Crippen molar-refractivity contribution in [1.82, 2.24) is 0 Å². The summed E-state index contributed by atoms with van der Waals surface area (Å²) in [6.45, 7) is 11.8. The molecule has 4 aliphatic rings. The molecule has 4 aliphatic heterocycles. The summed E-state index contributed by atoms with van der Waals surface area (Å²) in [5, 5.41) is 0.474. The Morgan fingerprint density at radius 3 is 1.19 bits per heavy atom. The van der Waals surface area contributed by atoms with Gasteiger partial charge in [0.1, 0.15) is 0 Å². The Morgan fingerprint density at radius 1 is 0.656 bits per heavy atom. The normalized spacial score (nSPS) is 20.9. The molecule has 2 saturated heterocycles. The summed E-state index contributed by atoms with van der Waals surface area (Å²) in [6.07, 6.45) is 6.67. The minimum Gasteiger partial charge on any atom is 1.00 e. The number of ether oxygens (including phenoxy) is 2. The Balaban J connectivity index is 0.000000217. The van der Waals surface area contributed by atoms with E-state index in [9.17, 15) is 0 Å². The van der Waals surface area contributed by atoms with Gasteiger partial charge in [0.2, 0.25) is 0 Å². The van der Waals surface area contributed by atoms with Crippen LogP contribution in [-0.2, 0) is 9.47 Å². The van der Waals surface area contributed by atoms with Crippen molar-refractivity contribution < 1.29 is 78.6 Å². The molecule has 32 heavy (non-hydrogen) atoms. The summed E-state index contributed by atoms with van der Waals surface area (Å²) in [5.41, 5.74) is 0. The van der Waals surface area contributed by atoms with Crippen LogP contribution in [0, 0.1) is 0 Å². The van der Waals surface area contributed by atoms with Gasteiger partial charge in [-0.1, -0.05) is 0 Å². The van der Waals surface area contributed by atoms with Crippen LogP contribution in [0.25, 0.3) is 0 Å². The minimum atomic E-state index is -4.34. The molecule has 6 rings (SSSR count). The molecule has 0 bridgehead atoms. The molecule has 2 fully saturated rings. The van der Waals surface area contributed by atoms with Crippen LogP contribution in [-0.4, -0.2) is 34.8 Å².